The standard InChI is InChI=1S/C16H12F4N2O3/c1-8(23)21-9-3-2-4-10(5-9)22-13(24)7-25-16-14(19)11(17)6-12(18)15(16)20/h2-6H,7H2,1H3,(H,21,23)(H,22,24). The molecule has 2 N–H and O–H groups in total. The number of halogens is 4. The molecule has 25 heavy (non-hydrogen) atoms. The van der Waals surface area contributed by atoms with Crippen molar-refractivity contribution in [1.82, 2.24) is 0 Å². The van der Waals surface area contributed by atoms with Gasteiger partial charge in [0.25, 0.3) is 5.91 Å². The number of ether oxygens (including phenoxy) is 1. The fraction of sp³-hybridized carbons (Fsp3) is 0.125. The Bertz CT molecular complexity index is 801. The maximum Gasteiger partial charge on any atom is 0.262 e. The average Bonchev–Trinajstić information content (AvgIpc) is 2.52. The lowest BCUT2D eigenvalue weighted by Crippen LogP contribution is -2.21. The summed E-state index contributed by atoms with van der Waals surface area (Å²) in [7, 11) is 0. The van der Waals surface area contributed by atoms with E-state index in [1.807, 2.05) is 0 Å². The highest BCUT2D eigenvalue weighted by Crippen LogP contribution is 2.26. The summed E-state index contributed by atoms with van der Waals surface area (Å²) in [6, 6.07) is 6.08. The normalized spacial score (nSPS) is 10.3. The van der Waals surface area contributed by atoms with Crippen molar-refractivity contribution in [2.75, 3.05) is 17.2 Å². The molecule has 0 fully saturated rings. The lowest BCUT2D eigenvalue weighted by molar-refractivity contribution is -0.118. The minimum Gasteiger partial charge on any atom is -0.477 e. The van der Waals surface area contributed by atoms with Crippen molar-refractivity contribution in [3.8, 4) is 5.75 Å². The lowest BCUT2D eigenvalue weighted by Gasteiger charge is -2.10. The number of amides is 2. The van der Waals surface area contributed by atoms with E-state index in [-0.39, 0.29) is 17.7 Å². The van der Waals surface area contributed by atoms with E-state index in [0.717, 1.165) is 0 Å². The molecule has 0 heterocycles. The molecular formula is C16H12F4N2O3. The third-order valence-corrected chi connectivity index (χ3v) is 2.89. The first-order valence-corrected chi connectivity index (χ1v) is 6.91. The number of hydrogen-bond acceptors (Lipinski definition) is 3. The molecular weight excluding hydrogens is 344 g/mol. The molecule has 0 bridgehead atoms. The quantitative estimate of drug-likeness (QED) is 0.639. The first kappa shape index (κ1) is 18.2. The van der Waals surface area contributed by atoms with E-state index in [9.17, 15) is 27.2 Å². The van der Waals surface area contributed by atoms with E-state index in [1.54, 1.807) is 12.1 Å². The van der Waals surface area contributed by atoms with E-state index in [0.29, 0.717) is 5.69 Å². The molecule has 0 aliphatic heterocycles. The molecule has 2 amide bonds. The van der Waals surface area contributed by atoms with E-state index < -0.39 is 41.5 Å². The number of benzene rings is 2. The van der Waals surface area contributed by atoms with Gasteiger partial charge in [-0.15, -0.1) is 0 Å². The molecule has 0 spiro atoms. The molecule has 0 atom stereocenters. The second-order valence-electron chi connectivity index (χ2n) is 4.90. The van der Waals surface area contributed by atoms with Gasteiger partial charge in [-0.1, -0.05) is 6.07 Å². The molecule has 2 rings (SSSR count). The van der Waals surface area contributed by atoms with Gasteiger partial charge in [-0.25, -0.2) is 8.78 Å². The van der Waals surface area contributed by atoms with Crippen LogP contribution in [0.4, 0.5) is 28.9 Å². The first-order valence-electron chi connectivity index (χ1n) is 6.91. The average molecular weight is 356 g/mol. The summed E-state index contributed by atoms with van der Waals surface area (Å²) in [5, 5.41) is 4.85. The third-order valence-electron chi connectivity index (χ3n) is 2.89. The predicted molar refractivity (Wildman–Crippen MR) is 81.1 cm³/mol. The zero-order valence-corrected chi connectivity index (χ0v) is 12.8. The Morgan fingerprint density at radius 2 is 1.52 bits per heavy atom. The largest absolute Gasteiger partial charge is 0.477 e. The van der Waals surface area contributed by atoms with Gasteiger partial charge >= 0.3 is 0 Å². The van der Waals surface area contributed by atoms with Crippen LogP contribution in [0.5, 0.6) is 5.75 Å². The Balaban J connectivity index is 2.04. The predicted octanol–water partition coefficient (Wildman–Crippen LogP) is 3.22. The molecule has 0 saturated heterocycles. The monoisotopic (exact) mass is 356 g/mol. The van der Waals surface area contributed by atoms with Crippen LogP contribution < -0.4 is 15.4 Å². The fourth-order valence-corrected chi connectivity index (χ4v) is 1.89. The number of carbonyl (C=O) groups excluding carboxylic acids is 2. The van der Waals surface area contributed by atoms with Crippen LogP contribution in [0.25, 0.3) is 0 Å². The van der Waals surface area contributed by atoms with Crippen molar-refractivity contribution in [1.29, 1.82) is 0 Å². The zero-order chi connectivity index (χ0) is 18.6. The van der Waals surface area contributed by atoms with Gasteiger partial charge in [0.1, 0.15) is 0 Å². The number of carbonyl (C=O) groups is 2. The summed E-state index contributed by atoms with van der Waals surface area (Å²) in [6.45, 7) is 0.418. The van der Waals surface area contributed by atoms with Gasteiger partial charge in [0.15, 0.2) is 24.0 Å². The van der Waals surface area contributed by atoms with Crippen LogP contribution in [-0.4, -0.2) is 18.4 Å². The summed E-state index contributed by atoms with van der Waals surface area (Å²) < 4.78 is 57.5. The van der Waals surface area contributed by atoms with Crippen molar-refractivity contribution in [2.45, 2.75) is 6.92 Å². The van der Waals surface area contributed by atoms with Crippen LogP contribution in [0.15, 0.2) is 30.3 Å². The van der Waals surface area contributed by atoms with Crippen LogP contribution in [0.2, 0.25) is 0 Å². The maximum atomic E-state index is 13.4. The third kappa shape index (κ3) is 4.69. The highest BCUT2D eigenvalue weighted by Gasteiger charge is 2.21. The molecule has 0 unspecified atom stereocenters. The smallest absolute Gasteiger partial charge is 0.262 e. The van der Waals surface area contributed by atoms with Gasteiger partial charge in [0, 0.05) is 24.4 Å². The molecule has 5 nitrogen and oxygen atoms in total. The van der Waals surface area contributed by atoms with Gasteiger partial charge in [0.05, 0.1) is 0 Å². The van der Waals surface area contributed by atoms with Crippen LogP contribution in [0.1, 0.15) is 6.92 Å². The first-order chi connectivity index (χ1) is 11.8. The van der Waals surface area contributed by atoms with Crippen LogP contribution in [0.3, 0.4) is 0 Å². The summed E-state index contributed by atoms with van der Waals surface area (Å²) >= 11 is 0. The van der Waals surface area contributed by atoms with Gasteiger partial charge < -0.3 is 15.4 Å². The van der Waals surface area contributed by atoms with Crippen molar-refractivity contribution in [3.63, 3.8) is 0 Å². The van der Waals surface area contributed by atoms with Crippen LogP contribution >= 0.6 is 0 Å². The second kappa shape index (κ2) is 7.65. The van der Waals surface area contributed by atoms with E-state index in [1.165, 1.54) is 19.1 Å². The number of hydrogen-bond donors (Lipinski definition) is 2. The molecule has 0 aliphatic rings. The van der Waals surface area contributed by atoms with E-state index in [2.05, 4.69) is 15.4 Å². The molecule has 0 radical (unpaired) electrons. The highest BCUT2D eigenvalue weighted by atomic mass is 19.2. The summed E-state index contributed by atoms with van der Waals surface area (Å²) in [4.78, 5) is 22.7. The highest BCUT2D eigenvalue weighted by molar-refractivity contribution is 5.94. The molecule has 2 aromatic carbocycles. The Morgan fingerprint density at radius 3 is 2.08 bits per heavy atom. The van der Waals surface area contributed by atoms with Crippen LogP contribution in [0, 0.1) is 23.3 Å². The molecule has 2 aromatic rings. The minimum absolute atomic E-state index is 0.0329. The molecule has 0 aromatic heterocycles. The van der Waals surface area contributed by atoms with Gasteiger partial charge in [-0.05, 0) is 18.2 Å². The van der Waals surface area contributed by atoms with E-state index >= 15 is 0 Å². The van der Waals surface area contributed by atoms with Crippen LogP contribution in [-0.2, 0) is 9.59 Å². The van der Waals surface area contributed by atoms with Crippen molar-refractivity contribution >= 4 is 23.2 Å². The molecule has 9 heteroatoms. The summed E-state index contributed by atoms with van der Waals surface area (Å²) in [6.07, 6.45) is 0. The van der Waals surface area contributed by atoms with Gasteiger partial charge in [0.2, 0.25) is 17.5 Å². The molecule has 0 saturated carbocycles. The molecule has 0 aliphatic carbocycles. The summed E-state index contributed by atoms with van der Waals surface area (Å²) in [5.41, 5.74) is 0.682. The maximum absolute atomic E-state index is 13.4. The zero-order valence-electron chi connectivity index (χ0n) is 12.8. The minimum atomic E-state index is -1.74. The summed E-state index contributed by atoms with van der Waals surface area (Å²) in [5.74, 6) is -9.22. The van der Waals surface area contributed by atoms with Crippen molar-refractivity contribution < 1.29 is 31.9 Å². The van der Waals surface area contributed by atoms with Crippen molar-refractivity contribution in [2.24, 2.45) is 0 Å². The Labute approximate surface area is 139 Å². The Hall–Kier alpha value is -3.10. The van der Waals surface area contributed by atoms with Gasteiger partial charge in [-0.3, -0.25) is 9.59 Å². The number of rotatable bonds is 5. The molecule has 132 valence electrons. The number of nitrogens with one attached hydrogen (secondary N) is 2. The topological polar surface area (TPSA) is 67.4 Å². The van der Waals surface area contributed by atoms with Gasteiger partial charge in [-0.2, -0.15) is 8.78 Å². The SMILES string of the molecule is CC(=O)Nc1cccc(NC(=O)COc2c(F)c(F)cc(F)c2F)c1. The van der Waals surface area contributed by atoms with Crippen molar-refractivity contribution in [3.05, 3.63) is 53.6 Å². The van der Waals surface area contributed by atoms with E-state index in [4.69, 9.17) is 0 Å². The Kier molecular flexibility index (Phi) is 5.58. The fourth-order valence-electron chi connectivity index (χ4n) is 1.89. The lowest BCUT2D eigenvalue weighted by atomic mass is 10.2. The second-order valence-corrected chi connectivity index (χ2v) is 4.90. The number of anilines is 2. The Morgan fingerprint density at radius 1 is 0.960 bits per heavy atom.